The van der Waals surface area contributed by atoms with Crippen molar-refractivity contribution in [2.45, 2.75) is 23.3 Å². The van der Waals surface area contributed by atoms with Gasteiger partial charge < -0.3 is 10.1 Å². The van der Waals surface area contributed by atoms with Crippen LogP contribution >= 0.6 is 0 Å². The Bertz CT molecular complexity index is 1400. The molecule has 3 atom stereocenters. The third-order valence-corrected chi connectivity index (χ3v) is 7.79. The molecule has 9 heteroatoms. The van der Waals surface area contributed by atoms with E-state index in [0.717, 1.165) is 23.2 Å². The van der Waals surface area contributed by atoms with Crippen molar-refractivity contribution in [3.8, 4) is 5.75 Å². The van der Waals surface area contributed by atoms with Crippen LogP contribution in [0.25, 0.3) is 0 Å². The number of hydrogen-bond donors (Lipinski definition) is 2. The Morgan fingerprint density at radius 1 is 1.09 bits per heavy atom. The minimum Gasteiger partial charge on any atom is -0.497 e. The quantitative estimate of drug-likeness (QED) is 0.286. The highest BCUT2D eigenvalue weighted by Gasteiger charge is 2.38. The molecule has 0 fully saturated rings. The molecule has 1 aliphatic heterocycles. The number of non-ortho nitro benzene ring substituents is 1. The van der Waals surface area contributed by atoms with Crippen molar-refractivity contribution in [2.24, 2.45) is 5.92 Å². The third-order valence-electron chi connectivity index (χ3n) is 6.41. The van der Waals surface area contributed by atoms with Crippen LogP contribution in [0.5, 0.6) is 5.75 Å². The molecule has 0 spiro atoms. The average Bonchev–Trinajstić information content (AvgIpc) is 3.33. The van der Waals surface area contributed by atoms with Gasteiger partial charge >= 0.3 is 0 Å². The van der Waals surface area contributed by atoms with Crippen LogP contribution in [0.3, 0.4) is 0 Å². The van der Waals surface area contributed by atoms with Crippen LogP contribution in [0.15, 0.2) is 83.8 Å². The zero-order chi connectivity index (χ0) is 23.9. The number of anilines is 2. The van der Waals surface area contributed by atoms with E-state index in [2.05, 4.69) is 22.2 Å². The van der Waals surface area contributed by atoms with E-state index < -0.39 is 14.9 Å². The molecule has 3 aromatic carbocycles. The Hall–Kier alpha value is -3.85. The van der Waals surface area contributed by atoms with Gasteiger partial charge in [-0.3, -0.25) is 14.8 Å². The molecule has 2 aliphatic rings. The Labute approximate surface area is 197 Å². The highest BCUT2D eigenvalue weighted by atomic mass is 32.2. The predicted molar refractivity (Wildman–Crippen MR) is 130 cm³/mol. The summed E-state index contributed by atoms with van der Waals surface area (Å²) < 4.78 is 34.0. The van der Waals surface area contributed by atoms with Crippen molar-refractivity contribution in [2.75, 3.05) is 17.1 Å². The van der Waals surface area contributed by atoms with Gasteiger partial charge in [0.05, 0.1) is 28.7 Å². The normalized spacial score (nSPS) is 20.7. The van der Waals surface area contributed by atoms with E-state index in [1.807, 2.05) is 6.07 Å². The number of hydrogen-bond acceptors (Lipinski definition) is 6. The molecule has 3 aromatic rings. The van der Waals surface area contributed by atoms with Crippen molar-refractivity contribution in [1.82, 2.24) is 0 Å². The first-order valence-corrected chi connectivity index (χ1v) is 12.3. The van der Waals surface area contributed by atoms with E-state index in [1.54, 1.807) is 54.6 Å². The summed E-state index contributed by atoms with van der Waals surface area (Å²) in [5.41, 5.74) is 3.03. The lowest BCUT2D eigenvalue weighted by Gasteiger charge is -2.37. The van der Waals surface area contributed by atoms with E-state index in [-0.39, 0.29) is 28.5 Å². The number of allylic oxidation sites excluding steroid dienone is 2. The standard InChI is InChI=1S/C25H23N3O5S/c1-33-19-8-3-6-17(14-19)27-34(31,32)20-11-12-24-23(15-20)21-9-4-10-22(21)25(26-24)16-5-2-7-18(13-16)28(29)30/h2-9,11-15,21-22,25-27H,10H2,1H3/t21-,22+,25+/m0/s1. The summed E-state index contributed by atoms with van der Waals surface area (Å²) in [6.45, 7) is 0. The highest BCUT2D eigenvalue weighted by Crippen LogP contribution is 2.50. The maximum absolute atomic E-state index is 13.1. The zero-order valence-corrected chi connectivity index (χ0v) is 19.2. The predicted octanol–water partition coefficient (Wildman–Crippen LogP) is 5.23. The van der Waals surface area contributed by atoms with Gasteiger partial charge in [0.25, 0.3) is 15.7 Å². The number of fused-ring (bicyclic) bond motifs is 3. The van der Waals surface area contributed by atoms with E-state index >= 15 is 0 Å². The van der Waals surface area contributed by atoms with Crippen LogP contribution < -0.4 is 14.8 Å². The number of ether oxygens (including phenoxy) is 1. The summed E-state index contributed by atoms with van der Waals surface area (Å²) in [6, 6.07) is 18.3. The fraction of sp³-hybridized carbons (Fsp3) is 0.200. The molecule has 1 aliphatic carbocycles. The molecule has 2 N–H and O–H groups in total. The largest absolute Gasteiger partial charge is 0.497 e. The lowest BCUT2D eigenvalue weighted by Crippen LogP contribution is -2.29. The third kappa shape index (κ3) is 3.99. The second-order valence-electron chi connectivity index (χ2n) is 8.41. The molecule has 1 heterocycles. The Balaban J connectivity index is 1.48. The minimum atomic E-state index is -3.81. The average molecular weight is 478 g/mol. The van der Waals surface area contributed by atoms with Gasteiger partial charge in [-0.15, -0.1) is 0 Å². The van der Waals surface area contributed by atoms with Gasteiger partial charge in [0.2, 0.25) is 0 Å². The van der Waals surface area contributed by atoms with E-state index in [1.165, 1.54) is 13.2 Å². The van der Waals surface area contributed by atoms with Crippen molar-refractivity contribution in [1.29, 1.82) is 0 Å². The first-order chi connectivity index (χ1) is 16.4. The lowest BCUT2D eigenvalue weighted by molar-refractivity contribution is -0.384. The maximum Gasteiger partial charge on any atom is 0.269 e. The number of rotatable bonds is 6. The van der Waals surface area contributed by atoms with Crippen molar-refractivity contribution < 1.29 is 18.1 Å². The molecule has 0 saturated carbocycles. The molecular formula is C25H23N3O5S. The number of nitro benzene ring substituents is 1. The summed E-state index contributed by atoms with van der Waals surface area (Å²) >= 11 is 0. The summed E-state index contributed by atoms with van der Waals surface area (Å²) in [5.74, 6) is 0.687. The number of nitrogens with one attached hydrogen (secondary N) is 2. The monoisotopic (exact) mass is 477 g/mol. The number of nitrogens with zero attached hydrogens (tertiary/aromatic N) is 1. The molecule has 174 valence electrons. The van der Waals surface area contributed by atoms with Crippen LogP contribution in [-0.2, 0) is 10.0 Å². The van der Waals surface area contributed by atoms with E-state index in [0.29, 0.717) is 11.4 Å². The smallest absolute Gasteiger partial charge is 0.269 e. The number of nitro groups is 1. The van der Waals surface area contributed by atoms with Crippen molar-refractivity contribution >= 4 is 27.1 Å². The van der Waals surface area contributed by atoms with Gasteiger partial charge in [0.1, 0.15) is 5.75 Å². The molecule has 0 radical (unpaired) electrons. The first kappa shape index (κ1) is 22.0. The summed E-state index contributed by atoms with van der Waals surface area (Å²) in [5, 5.41) is 14.8. The van der Waals surface area contributed by atoms with Crippen LogP contribution in [0, 0.1) is 16.0 Å². The number of methoxy groups -OCH3 is 1. The maximum atomic E-state index is 13.1. The van der Waals surface area contributed by atoms with Gasteiger partial charge in [-0.25, -0.2) is 8.42 Å². The SMILES string of the molecule is COc1cccc(NS(=O)(=O)c2ccc3c(c2)[C@H]2C=CC[C@H]2[C@@H](c2cccc([N+](=O)[O-])c2)N3)c1. The van der Waals surface area contributed by atoms with Crippen LogP contribution in [-0.4, -0.2) is 20.5 Å². The summed E-state index contributed by atoms with van der Waals surface area (Å²) in [4.78, 5) is 11.0. The van der Waals surface area contributed by atoms with Gasteiger partial charge in [0.15, 0.2) is 0 Å². The Morgan fingerprint density at radius 3 is 2.71 bits per heavy atom. The molecule has 8 nitrogen and oxygen atoms in total. The molecule has 0 amide bonds. The second-order valence-corrected chi connectivity index (χ2v) is 10.1. The number of benzene rings is 3. The molecule has 0 bridgehead atoms. The fourth-order valence-electron chi connectivity index (χ4n) is 4.80. The Morgan fingerprint density at radius 2 is 1.91 bits per heavy atom. The van der Waals surface area contributed by atoms with Gasteiger partial charge in [-0.1, -0.05) is 30.4 Å². The van der Waals surface area contributed by atoms with Gasteiger partial charge in [-0.05, 0) is 53.8 Å². The van der Waals surface area contributed by atoms with Crippen LogP contribution in [0.4, 0.5) is 17.1 Å². The fourth-order valence-corrected chi connectivity index (χ4v) is 5.89. The lowest BCUT2D eigenvalue weighted by atomic mass is 9.77. The van der Waals surface area contributed by atoms with E-state index in [4.69, 9.17) is 4.74 Å². The Kier molecular flexibility index (Phi) is 5.49. The number of sulfonamides is 1. The molecule has 5 rings (SSSR count). The second kappa shape index (κ2) is 8.49. The molecule has 0 aromatic heterocycles. The topological polar surface area (TPSA) is 111 Å². The molecular weight excluding hydrogens is 454 g/mol. The minimum absolute atomic E-state index is 0.00693. The van der Waals surface area contributed by atoms with Gasteiger partial charge in [-0.2, -0.15) is 0 Å². The van der Waals surface area contributed by atoms with Crippen LogP contribution in [0.2, 0.25) is 0 Å². The van der Waals surface area contributed by atoms with Crippen LogP contribution in [0.1, 0.15) is 29.5 Å². The van der Waals surface area contributed by atoms with Crippen molar-refractivity contribution in [3.63, 3.8) is 0 Å². The zero-order valence-electron chi connectivity index (χ0n) is 18.3. The highest BCUT2D eigenvalue weighted by molar-refractivity contribution is 7.92. The molecule has 0 unspecified atom stereocenters. The summed E-state index contributed by atoms with van der Waals surface area (Å²) in [7, 11) is -2.29. The molecule has 0 saturated heterocycles. The van der Waals surface area contributed by atoms with E-state index in [9.17, 15) is 18.5 Å². The summed E-state index contributed by atoms with van der Waals surface area (Å²) in [6.07, 6.45) is 4.98. The van der Waals surface area contributed by atoms with Gasteiger partial charge in [0, 0.05) is 29.8 Å². The molecule has 34 heavy (non-hydrogen) atoms. The first-order valence-electron chi connectivity index (χ1n) is 10.8. The van der Waals surface area contributed by atoms with Crippen molar-refractivity contribution in [3.05, 3.63) is 100 Å².